The summed E-state index contributed by atoms with van der Waals surface area (Å²) in [5.41, 5.74) is 3.21. The number of aryl methyl sites for hydroxylation is 1. The van der Waals surface area contributed by atoms with Crippen molar-refractivity contribution in [2.45, 2.75) is 33.1 Å². The van der Waals surface area contributed by atoms with Gasteiger partial charge in [0.15, 0.2) is 5.96 Å². The number of likely N-dealkylation sites (tertiary alicyclic amines) is 1. The molecular weight excluding hydrogens is 439 g/mol. The van der Waals surface area contributed by atoms with Crippen LogP contribution in [0.4, 0.5) is 0 Å². The van der Waals surface area contributed by atoms with Crippen molar-refractivity contribution in [1.29, 1.82) is 0 Å². The van der Waals surface area contributed by atoms with Gasteiger partial charge in [-0.15, -0.1) is 24.0 Å². The van der Waals surface area contributed by atoms with E-state index in [9.17, 15) is 0 Å². The monoisotopic (exact) mass is 468 g/mol. The highest BCUT2D eigenvalue weighted by Crippen LogP contribution is 2.19. The molecule has 2 heterocycles. The van der Waals surface area contributed by atoms with Gasteiger partial charge in [-0.3, -0.25) is 4.99 Å². The summed E-state index contributed by atoms with van der Waals surface area (Å²) in [6, 6.07) is 8.24. The van der Waals surface area contributed by atoms with Gasteiger partial charge in [0.1, 0.15) is 6.26 Å². The predicted octanol–water partition coefficient (Wildman–Crippen LogP) is 4.12. The number of hydrogen-bond donors (Lipinski definition) is 1. The van der Waals surface area contributed by atoms with E-state index in [-0.39, 0.29) is 24.0 Å². The van der Waals surface area contributed by atoms with E-state index in [1.807, 2.05) is 19.2 Å². The zero-order chi connectivity index (χ0) is 17.6. The smallest absolute Gasteiger partial charge is 0.226 e. The van der Waals surface area contributed by atoms with Crippen LogP contribution in [-0.4, -0.2) is 42.5 Å². The third-order valence-electron chi connectivity index (χ3n) is 4.68. The molecule has 1 aromatic heterocycles. The Kier molecular flexibility index (Phi) is 7.93. The molecule has 5 nitrogen and oxygen atoms in total. The number of piperidine rings is 1. The molecule has 6 heteroatoms. The number of halogens is 1. The normalized spacial score (nSPS) is 17.7. The van der Waals surface area contributed by atoms with Crippen LogP contribution < -0.4 is 5.32 Å². The number of oxazole rings is 1. The van der Waals surface area contributed by atoms with Crippen molar-refractivity contribution in [3.8, 4) is 11.5 Å². The zero-order valence-corrected chi connectivity index (χ0v) is 18.2. The molecule has 142 valence electrons. The van der Waals surface area contributed by atoms with Crippen molar-refractivity contribution in [1.82, 2.24) is 15.2 Å². The van der Waals surface area contributed by atoms with Gasteiger partial charge in [-0.05, 0) is 37.8 Å². The number of rotatable bonds is 4. The van der Waals surface area contributed by atoms with E-state index < -0.39 is 0 Å². The number of guanidine groups is 1. The topological polar surface area (TPSA) is 53.7 Å². The number of nitrogens with one attached hydrogen (secondary N) is 1. The van der Waals surface area contributed by atoms with Crippen LogP contribution >= 0.6 is 24.0 Å². The molecule has 0 aliphatic carbocycles. The molecule has 0 radical (unpaired) electrons. The summed E-state index contributed by atoms with van der Waals surface area (Å²) < 4.78 is 5.63. The first-order valence-corrected chi connectivity index (χ1v) is 9.12. The van der Waals surface area contributed by atoms with Crippen LogP contribution in [0.2, 0.25) is 0 Å². The summed E-state index contributed by atoms with van der Waals surface area (Å²) in [6.07, 6.45) is 5.12. The van der Waals surface area contributed by atoms with Gasteiger partial charge in [0.2, 0.25) is 5.89 Å². The predicted molar refractivity (Wildman–Crippen MR) is 117 cm³/mol. The van der Waals surface area contributed by atoms with Gasteiger partial charge in [0.05, 0.1) is 5.69 Å². The van der Waals surface area contributed by atoms with Gasteiger partial charge >= 0.3 is 0 Å². The largest absolute Gasteiger partial charge is 0.444 e. The average Bonchev–Trinajstić information content (AvgIpc) is 3.08. The summed E-state index contributed by atoms with van der Waals surface area (Å²) in [5, 5.41) is 3.46. The molecule has 1 atom stereocenters. The van der Waals surface area contributed by atoms with Crippen LogP contribution in [-0.2, 0) is 6.42 Å². The SMILES string of the molecule is CN=C(NCCc1coc(-c2ccc(C)cc2)n1)N1CCCC(C)C1.I. The highest BCUT2D eigenvalue weighted by Gasteiger charge is 2.19. The van der Waals surface area contributed by atoms with Gasteiger partial charge in [0.25, 0.3) is 0 Å². The second-order valence-electron chi connectivity index (χ2n) is 6.93. The maximum Gasteiger partial charge on any atom is 0.226 e. The van der Waals surface area contributed by atoms with Crippen LogP contribution in [0.1, 0.15) is 31.0 Å². The van der Waals surface area contributed by atoms with Crippen molar-refractivity contribution < 1.29 is 4.42 Å². The minimum Gasteiger partial charge on any atom is -0.444 e. The van der Waals surface area contributed by atoms with E-state index >= 15 is 0 Å². The van der Waals surface area contributed by atoms with Crippen LogP contribution in [0.3, 0.4) is 0 Å². The lowest BCUT2D eigenvalue weighted by atomic mass is 10.0. The molecule has 1 aromatic carbocycles. The third kappa shape index (κ3) is 5.46. The number of nitrogens with zero attached hydrogens (tertiary/aromatic N) is 3. The molecule has 0 spiro atoms. The minimum absolute atomic E-state index is 0. The molecule has 0 bridgehead atoms. The molecule has 3 rings (SSSR count). The Hall–Kier alpha value is -1.57. The summed E-state index contributed by atoms with van der Waals surface area (Å²) in [6.45, 7) is 7.36. The molecule has 1 N–H and O–H groups in total. The van der Waals surface area contributed by atoms with Crippen molar-refractivity contribution in [3.05, 3.63) is 41.8 Å². The Balaban J connectivity index is 0.00000243. The van der Waals surface area contributed by atoms with E-state index in [1.54, 1.807) is 6.26 Å². The fraction of sp³-hybridized carbons (Fsp3) is 0.500. The summed E-state index contributed by atoms with van der Waals surface area (Å²) in [7, 11) is 1.85. The Bertz CT molecular complexity index is 711. The van der Waals surface area contributed by atoms with E-state index in [2.05, 4.69) is 46.2 Å². The molecular formula is C20H29IN4O. The van der Waals surface area contributed by atoms with Crippen LogP contribution in [0.15, 0.2) is 39.9 Å². The lowest BCUT2D eigenvalue weighted by Crippen LogP contribution is -2.46. The Morgan fingerprint density at radius 3 is 2.81 bits per heavy atom. The molecule has 1 unspecified atom stereocenters. The first-order valence-electron chi connectivity index (χ1n) is 9.12. The van der Waals surface area contributed by atoms with Crippen LogP contribution in [0.5, 0.6) is 0 Å². The number of hydrogen-bond acceptors (Lipinski definition) is 3. The van der Waals surface area contributed by atoms with Crippen LogP contribution in [0, 0.1) is 12.8 Å². The van der Waals surface area contributed by atoms with Crippen molar-refractivity contribution in [2.75, 3.05) is 26.7 Å². The lowest BCUT2D eigenvalue weighted by Gasteiger charge is -2.33. The molecule has 0 saturated carbocycles. The molecule has 1 fully saturated rings. The molecule has 0 amide bonds. The highest BCUT2D eigenvalue weighted by molar-refractivity contribution is 14.0. The highest BCUT2D eigenvalue weighted by atomic mass is 127. The average molecular weight is 468 g/mol. The van der Waals surface area contributed by atoms with Crippen molar-refractivity contribution >= 4 is 29.9 Å². The fourth-order valence-corrected chi connectivity index (χ4v) is 3.27. The number of aliphatic imine (C=N–C) groups is 1. The van der Waals surface area contributed by atoms with E-state index in [1.165, 1.54) is 18.4 Å². The van der Waals surface area contributed by atoms with Crippen molar-refractivity contribution in [3.63, 3.8) is 0 Å². The van der Waals surface area contributed by atoms with Gasteiger partial charge in [0, 0.05) is 38.7 Å². The molecule has 1 saturated heterocycles. The molecule has 1 aliphatic rings. The number of benzene rings is 1. The summed E-state index contributed by atoms with van der Waals surface area (Å²) in [5.74, 6) is 2.41. The van der Waals surface area contributed by atoms with Crippen molar-refractivity contribution in [2.24, 2.45) is 10.9 Å². The lowest BCUT2D eigenvalue weighted by molar-refractivity contribution is 0.266. The molecule has 2 aromatic rings. The zero-order valence-electron chi connectivity index (χ0n) is 15.9. The minimum atomic E-state index is 0. The first kappa shape index (κ1) is 20.7. The summed E-state index contributed by atoms with van der Waals surface area (Å²) >= 11 is 0. The van der Waals surface area contributed by atoms with E-state index in [0.29, 0.717) is 5.89 Å². The molecule has 26 heavy (non-hydrogen) atoms. The Morgan fingerprint density at radius 2 is 2.12 bits per heavy atom. The van der Waals surface area contributed by atoms with E-state index in [4.69, 9.17) is 4.42 Å². The molecule has 1 aliphatic heterocycles. The van der Waals surface area contributed by atoms with Gasteiger partial charge < -0.3 is 14.6 Å². The Labute approximate surface area is 173 Å². The standard InChI is InChI=1S/C20H28N4O.HI/c1-15-6-8-17(9-7-15)19-23-18(14-25-19)10-11-22-20(21-3)24-12-4-5-16(2)13-24;/h6-9,14,16H,4-5,10-13H2,1-3H3,(H,21,22);1H. The van der Waals surface area contributed by atoms with E-state index in [0.717, 1.165) is 49.2 Å². The van der Waals surface area contributed by atoms with Gasteiger partial charge in [-0.1, -0.05) is 24.6 Å². The summed E-state index contributed by atoms with van der Waals surface area (Å²) in [4.78, 5) is 11.4. The second-order valence-corrected chi connectivity index (χ2v) is 6.93. The maximum atomic E-state index is 5.63. The van der Waals surface area contributed by atoms with Gasteiger partial charge in [-0.2, -0.15) is 0 Å². The van der Waals surface area contributed by atoms with Crippen LogP contribution in [0.25, 0.3) is 11.5 Å². The maximum absolute atomic E-state index is 5.63. The van der Waals surface area contributed by atoms with Gasteiger partial charge in [-0.25, -0.2) is 4.98 Å². The Morgan fingerprint density at radius 1 is 1.35 bits per heavy atom. The number of aromatic nitrogens is 1. The third-order valence-corrected chi connectivity index (χ3v) is 4.68. The first-order chi connectivity index (χ1) is 12.2. The quantitative estimate of drug-likeness (QED) is 0.417. The fourth-order valence-electron chi connectivity index (χ4n) is 3.27. The second kappa shape index (κ2) is 9.94.